The predicted octanol–water partition coefficient (Wildman–Crippen LogP) is 2.73. The number of primary amides is 1. The number of carbonyl (C=O) groups excluding carboxylic acids is 1. The minimum absolute atomic E-state index is 0.0854. The minimum Gasteiger partial charge on any atom is -0.399 e. The number of anilines is 1. The zero-order valence-electron chi connectivity index (χ0n) is 16.2. The maximum atomic E-state index is 13.6. The maximum Gasteiger partial charge on any atom is 0.266 e. The highest BCUT2D eigenvalue weighted by Crippen LogP contribution is 2.35. The van der Waals surface area contributed by atoms with Crippen LogP contribution in [-0.2, 0) is 10.0 Å². The molecule has 4 rings (SSSR count). The van der Waals surface area contributed by atoms with Crippen molar-refractivity contribution in [1.82, 2.24) is 9.29 Å². The number of hydrogen-bond donors (Lipinski definition) is 3. The number of amides is 1. The second-order valence-corrected chi connectivity index (χ2v) is 9.43. The summed E-state index contributed by atoms with van der Waals surface area (Å²) in [4.78, 5) is 14.8. The Bertz CT molecular complexity index is 1200. The first-order valence-corrected chi connectivity index (χ1v) is 11.0. The van der Waals surface area contributed by atoms with Gasteiger partial charge in [0.1, 0.15) is 10.6 Å². The van der Waals surface area contributed by atoms with Gasteiger partial charge >= 0.3 is 0 Å². The summed E-state index contributed by atoms with van der Waals surface area (Å²) in [5, 5.41) is 0.386. The number of nitrogens with zero attached hydrogens (tertiary/aromatic N) is 1. The van der Waals surface area contributed by atoms with E-state index in [0.29, 0.717) is 29.7 Å². The van der Waals surface area contributed by atoms with E-state index < -0.39 is 15.9 Å². The lowest BCUT2D eigenvalue weighted by atomic mass is 9.89. The summed E-state index contributed by atoms with van der Waals surface area (Å²) in [6.07, 6.45) is 1.66. The number of aryl methyl sites for hydroxylation is 1. The zero-order valence-corrected chi connectivity index (χ0v) is 17.0. The molecule has 8 heteroatoms. The molecule has 1 saturated heterocycles. The molecule has 1 unspecified atom stereocenters. The van der Waals surface area contributed by atoms with Crippen LogP contribution in [0.1, 0.15) is 40.4 Å². The third kappa shape index (κ3) is 3.38. The number of hydrogen-bond acceptors (Lipinski definition) is 4. The van der Waals surface area contributed by atoms with Gasteiger partial charge in [0.25, 0.3) is 5.91 Å². The Morgan fingerprint density at radius 3 is 2.69 bits per heavy atom. The highest BCUT2D eigenvalue weighted by Gasteiger charge is 2.36. The van der Waals surface area contributed by atoms with Gasteiger partial charge in [-0.2, -0.15) is 4.31 Å². The van der Waals surface area contributed by atoms with E-state index in [1.165, 1.54) is 4.31 Å². The molecule has 1 aliphatic heterocycles. The Labute approximate surface area is 169 Å². The molecule has 0 saturated carbocycles. The Hall–Kier alpha value is -2.84. The average molecular weight is 413 g/mol. The van der Waals surface area contributed by atoms with Crippen LogP contribution in [0.3, 0.4) is 0 Å². The molecule has 1 amide bonds. The molecule has 1 atom stereocenters. The molecule has 2 heterocycles. The molecule has 1 fully saturated rings. The van der Waals surface area contributed by atoms with Crippen molar-refractivity contribution in [2.45, 2.75) is 30.6 Å². The lowest BCUT2D eigenvalue weighted by Gasteiger charge is -2.33. The van der Waals surface area contributed by atoms with Crippen LogP contribution >= 0.6 is 0 Å². The van der Waals surface area contributed by atoms with Gasteiger partial charge in [-0.05, 0) is 55.0 Å². The van der Waals surface area contributed by atoms with E-state index in [9.17, 15) is 13.2 Å². The molecule has 0 bridgehead atoms. The quantitative estimate of drug-likeness (QED) is 0.570. The first kappa shape index (κ1) is 19.5. The normalized spacial score (nSPS) is 18.2. The van der Waals surface area contributed by atoms with Gasteiger partial charge in [0.15, 0.2) is 0 Å². The third-order valence-corrected chi connectivity index (χ3v) is 7.58. The Morgan fingerprint density at radius 2 is 1.97 bits per heavy atom. The molecule has 1 aromatic heterocycles. The van der Waals surface area contributed by atoms with Gasteiger partial charge in [0, 0.05) is 29.7 Å². The highest BCUT2D eigenvalue weighted by atomic mass is 32.2. The number of fused-ring (bicyclic) bond motifs is 1. The van der Waals surface area contributed by atoms with Crippen molar-refractivity contribution in [3.05, 3.63) is 59.3 Å². The monoisotopic (exact) mass is 412 g/mol. The number of aromatic nitrogens is 1. The summed E-state index contributed by atoms with van der Waals surface area (Å²) in [5.41, 5.74) is 14.5. The Morgan fingerprint density at radius 1 is 1.21 bits per heavy atom. The Balaban J connectivity index is 1.79. The van der Waals surface area contributed by atoms with Crippen molar-refractivity contribution < 1.29 is 13.2 Å². The van der Waals surface area contributed by atoms with Gasteiger partial charge in [0.05, 0.1) is 0 Å². The van der Waals surface area contributed by atoms with Gasteiger partial charge in [-0.1, -0.05) is 24.3 Å². The van der Waals surface area contributed by atoms with E-state index in [-0.39, 0.29) is 16.5 Å². The van der Waals surface area contributed by atoms with Crippen LogP contribution in [-0.4, -0.2) is 36.7 Å². The molecule has 7 nitrogen and oxygen atoms in total. The van der Waals surface area contributed by atoms with Gasteiger partial charge in [-0.3, -0.25) is 4.79 Å². The van der Waals surface area contributed by atoms with Gasteiger partial charge in [-0.15, -0.1) is 0 Å². The topological polar surface area (TPSA) is 122 Å². The van der Waals surface area contributed by atoms with Crippen LogP contribution in [0.2, 0.25) is 0 Å². The number of benzene rings is 2. The second kappa shape index (κ2) is 7.20. The number of H-pyrrole nitrogens is 1. The van der Waals surface area contributed by atoms with Crippen LogP contribution in [0.15, 0.2) is 47.4 Å². The number of carbonyl (C=O) groups is 1. The molecule has 29 heavy (non-hydrogen) atoms. The first-order chi connectivity index (χ1) is 13.8. The first-order valence-electron chi connectivity index (χ1n) is 9.55. The number of nitrogens with one attached hydrogen (secondary N) is 1. The molecule has 0 aliphatic carbocycles. The second-order valence-electron chi connectivity index (χ2n) is 7.56. The van der Waals surface area contributed by atoms with Crippen LogP contribution in [0, 0.1) is 6.92 Å². The minimum atomic E-state index is -3.95. The van der Waals surface area contributed by atoms with E-state index in [1.54, 1.807) is 18.2 Å². The fraction of sp³-hybridized carbons (Fsp3) is 0.286. The molecule has 2 aromatic carbocycles. The number of rotatable bonds is 4. The summed E-state index contributed by atoms with van der Waals surface area (Å²) >= 11 is 0. The molecule has 3 aromatic rings. The average Bonchev–Trinajstić information content (AvgIpc) is 3.08. The third-order valence-electron chi connectivity index (χ3n) is 5.63. The molecular formula is C21H24N4O3S. The number of nitrogen functional groups attached to an aromatic ring is 1. The SMILES string of the molecule is Cc1ccccc1C1CCCN(S(=O)(=O)c2c(C(N)=O)[nH]c3ccc(N)cc23)C1. The van der Waals surface area contributed by atoms with Gasteiger partial charge < -0.3 is 16.5 Å². The summed E-state index contributed by atoms with van der Waals surface area (Å²) < 4.78 is 28.7. The van der Waals surface area contributed by atoms with E-state index in [0.717, 1.165) is 24.0 Å². The summed E-state index contributed by atoms with van der Waals surface area (Å²) in [6, 6.07) is 12.9. The number of piperidine rings is 1. The van der Waals surface area contributed by atoms with Gasteiger partial charge in [-0.25, -0.2) is 8.42 Å². The molecule has 1 aliphatic rings. The van der Waals surface area contributed by atoms with Crippen LogP contribution < -0.4 is 11.5 Å². The van der Waals surface area contributed by atoms with Crippen molar-refractivity contribution in [1.29, 1.82) is 0 Å². The van der Waals surface area contributed by atoms with E-state index in [1.807, 2.05) is 25.1 Å². The van der Waals surface area contributed by atoms with E-state index in [4.69, 9.17) is 11.5 Å². The number of aromatic amines is 1. The molecule has 0 radical (unpaired) electrons. The van der Waals surface area contributed by atoms with Crippen molar-refractivity contribution in [2.24, 2.45) is 5.73 Å². The predicted molar refractivity (Wildman–Crippen MR) is 113 cm³/mol. The summed E-state index contributed by atoms with van der Waals surface area (Å²) in [7, 11) is -3.95. The number of nitrogens with two attached hydrogens (primary N) is 2. The largest absolute Gasteiger partial charge is 0.399 e. The zero-order chi connectivity index (χ0) is 20.8. The summed E-state index contributed by atoms with van der Waals surface area (Å²) in [6.45, 7) is 2.80. The highest BCUT2D eigenvalue weighted by molar-refractivity contribution is 7.89. The van der Waals surface area contributed by atoms with Gasteiger partial charge in [0.2, 0.25) is 10.0 Å². The summed E-state index contributed by atoms with van der Waals surface area (Å²) in [5.74, 6) is -0.710. The standard InChI is InChI=1S/C21H24N4O3S/c1-13-5-2-3-7-16(13)14-6-4-10-25(12-14)29(27,28)20-17-11-15(22)8-9-18(17)24-19(20)21(23)26/h2-3,5,7-9,11,14,24H,4,6,10,12,22H2,1H3,(H2,23,26). The number of sulfonamides is 1. The maximum absolute atomic E-state index is 13.6. The lowest BCUT2D eigenvalue weighted by Crippen LogP contribution is -2.39. The fourth-order valence-electron chi connectivity index (χ4n) is 4.21. The van der Waals surface area contributed by atoms with Crippen LogP contribution in [0.5, 0.6) is 0 Å². The lowest BCUT2D eigenvalue weighted by molar-refractivity contribution is 0.0993. The van der Waals surface area contributed by atoms with E-state index in [2.05, 4.69) is 11.1 Å². The van der Waals surface area contributed by atoms with Crippen molar-refractivity contribution in [3.8, 4) is 0 Å². The van der Waals surface area contributed by atoms with Crippen molar-refractivity contribution >= 4 is 32.5 Å². The molecule has 0 spiro atoms. The van der Waals surface area contributed by atoms with Crippen molar-refractivity contribution in [3.63, 3.8) is 0 Å². The van der Waals surface area contributed by atoms with Crippen LogP contribution in [0.25, 0.3) is 10.9 Å². The Kier molecular flexibility index (Phi) is 4.84. The smallest absolute Gasteiger partial charge is 0.266 e. The molecule has 152 valence electrons. The van der Waals surface area contributed by atoms with Crippen LogP contribution in [0.4, 0.5) is 5.69 Å². The fourth-order valence-corrected chi connectivity index (χ4v) is 6.08. The van der Waals surface area contributed by atoms with Crippen molar-refractivity contribution in [2.75, 3.05) is 18.8 Å². The van der Waals surface area contributed by atoms with E-state index >= 15 is 0 Å². The molecule has 5 N–H and O–H groups in total. The molecular weight excluding hydrogens is 388 g/mol.